The largest absolute Gasteiger partial charge is 0.493 e. The summed E-state index contributed by atoms with van der Waals surface area (Å²) in [5.41, 5.74) is 1.55. The minimum Gasteiger partial charge on any atom is -0.493 e. The topological polar surface area (TPSA) is 59.4 Å². The lowest BCUT2D eigenvalue weighted by Crippen LogP contribution is -2.18. The monoisotopic (exact) mass is 328 g/mol. The van der Waals surface area contributed by atoms with Crippen LogP contribution >= 0.6 is 0 Å². The molecule has 6 nitrogen and oxygen atoms in total. The van der Waals surface area contributed by atoms with Crippen LogP contribution in [0.25, 0.3) is 6.08 Å². The van der Waals surface area contributed by atoms with E-state index in [-0.39, 0.29) is 5.91 Å². The number of para-hydroxylation sites is 1. The molecule has 24 heavy (non-hydrogen) atoms. The van der Waals surface area contributed by atoms with Crippen LogP contribution < -0.4 is 10.1 Å². The number of carbonyl (C=O) groups excluding carboxylic acids is 1. The van der Waals surface area contributed by atoms with Gasteiger partial charge in [0.05, 0.1) is 25.0 Å². The number of amides is 1. The lowest BCUT2D eigenvalue weighted by atomic mass is 10.2. The highest BCUT2D eigenvalue weighted by Gasteiger charge is 2.03. The van der Waals surface area contributed by atoms with Gasteiger partial charge in [-0.2, -0.15) is 5.10 Å². The maximum absolute atomic E-state index is 12.0. The zero-order valence-corrected chi connectivity index (χ0v) is 14.4. The van der Waals surface area contributed by atoms with Crippen molar-refractivity contribution in [1.82, 2.24) is 14.7 Å². The van der Waals surface area contributed by atoms with E-state index in [9.17, 15) is 4.79 Å². The first-order chi connectivity index (χ1) is 11.6. The molecule has 1 aromatic carbocycles. The highest BCUT2D eigenvalue weighted by atomic mass is 16.5. The molecule has 1 heterocycles. The first kappa shape index (κ1) is 17.7. The Bertz CT molecular complexity index is 692. The average molecular weight is 328 g/mol. The fourth-order valence-electron chi connectivity index (χ4n) is 2.11. The van der Waals surface area contributed by atoms with E-state index in [2.05, 4.69) is 15.3 Å². The summed E-state index contributed by atoms with van der Waals surface area (Å²) in [6.45, 7) is 4.19. The van der Waals surface area contributed by atoms with Crippen LogP contribution in [0.4, 0.5) is 5.69 Å². The predicted molar refractivity (Wildman–Crippen MR) is 96.1 cm³/mol. The van der Waals surface area contributed by atoms with Gasteiger partial charge in [0.2, 0.25) is 5.91 Å². The highest BCUT2D eigenvalue weighted by molar-refractivity contribution is 6.01. The van der Waals surface area contributed by atoms with Crippen molar-refractivity contribution >= 4 is 17.7 Å². The number of nitrogens with one attached hydrogen (secondary N) is 1. The standard InChI is InChI=1S/C18H24N4O2/c1-4-24-17-8-6-5-7-15(17)9-10-18(23)20-16-13-19-22(14-16)12-11-21(2)3/h5-10,13-14H,4,11-12H2,1-3H3,(H,20,23)/b10-9+. The molecule has 0 bridgehead atoms. The van der Waals surface area contributed by atoms with Crippen molar-refractivity contribution in [2.45, 2.75) is 13.5 Å². The summed E-state index contributed by atoms with van der Waals surface area (Å²) in [6.07, 6.45) is 6.71. The second-order valence-electron chi connectivity index (χ2n) is 5.59. The number of likely N-dealkylation sites (N-methyl/N-ethyl adjacent to an activating group) is 1. The van der Waals surface area contributed by atoms with Crippen LogP contribution in [0.2, 0.25) is 0 Å². The second kappa shape index (κ2) is 8.88. The molecular formula is C18H24N4O2. The fourth-order valence-corrected chi connectivity index (χ4v) is 2.11. The Morgan fingerprint density at radius 3 is 2.92 bits per heavy atom. The Morgan fingerprint density at radius 1 is 1.38 bits per heavy atom. The Kier molecular flexibility index (Phi) is 6.57. The van der Waals surface area contributed by atoms with Crippen LogP contribution in [-0.4, -0.2) is 47.8 Å². The molecule has 1 N–H and O–H groups in total. The molecule has 128 valence electrons. The van der Waals surface area contributed by atoms with Gasteiger partial charge in [0.1, 0.15) is 5.75 Å². The SMILES string of the molecule is CCOc1ccccc1/C=C/C(=O)Nc1cnn(CCN(C)C)c1. The van der Waals surface area contributed by atoms with E-state index in [0.717, 1.165) is 24.4 Å². The van der Waals surface area contributed by atoms with Crippen molar-refractivity contribution in [1.29, 1.82) is 0 Å². The summed E-state index contributed by atoms with van der Waals surface area (Å²) < 4.78 is 7.35. The summed E-state index contributed by atoms with van der Waals surface area (Å²) in [6, 6.07) is 7.61. The Hall–Kier alpha value is -2.60. The highest BCUT2D eigenvalue weighted by Crippen LogP contribution is 2.19. The molecule has 0 saturated carbocycles. The minimum absolute atomic E-state index is 0.200. The molecule has 6 heteroatoms. The molecule has 0 spiro atoms. The van der Waals surface area contributed by atoms with Crippen molar-refractivity contribution in [3.63, 3.8) is 0 Å². The smallest absolute Gasteiger partial charge is 0.248 e. The van der Waals surface area contributed by atoms with Crippen LogP contribution in [-0.2, 0) is 11.3 Å². The molecule has 0 fully saturated rings. The number of aromatic nitrogens is 2. The number of rotatable bonds is 8. The van der Waals surface area contributed by atoms with Gasteiger partial charge in [0.25, 0.3) is 0 Å². The quantitative estimate of drug-likeness (QED) is 0.757. The van der Waals surface area contributed by atoms with Crippen LogP contribution in [0.3, 0.4) is 0 Å². The van der Waals surface area contributed by atoms with E-state index >= 15 is 0 Å². The zero-order chi connectivity index (χ0) is 17.4. The van der Waals surface area contributed by atoms with Gasteiger partial charge >= 0.3 is 0 Å². The minimum atomic E-state index is -0.200. The summed E-state index contributed by atoms with van der Waals surface area (Å²) >= 11 is 0. The van der Waals surface area contributed by atoms with Crippen LogP contribution in [0.5, 0.6) is 5.75 Å². The van der Waals surface area contributed by atoms with Gasteiger partial charge in [-0.25, -0.2) is 0 Å². The molecule has 0 unspecified atom stereocenters. The number of carbonyl (C=O) groups is 1. The number of nitrogens with zero attached hydrogens (tertiary/aromatic N) is 3. The van der Waals surface area contributed by atoms with Crippen LogP contribution in [0.1, 0.15) is 12.5 Å². The fraction of sp³-hybridized carbons (Fsp3) is 0.333. The third-order valence-electron chi connectivity index (χ3n) is 3.31. The van der Waals surface area contributed by atoms with Gasteiger partial charge in [-0.3, -0.25) is 9.48 Å². The second-order valence-corrected chi connectivity index (χ2v) is 5.59. The van der Waals surface area contributed by atoms with Gasteiger partial charge < -0.3 is 15.0 Å². The molecule has 0 aliphatic carbocycles. The van der Waals surface area contributed by atoms with E-state index in [1.54, 1.807) is 12.3 Å². The third kappa shape index (κ3) is 5.55. The predicted octanol–water partition coefficient (Wildman–Crippen LogP) is 2.50. The van der Waals surface area contributed by atoms with E-state index in [1.807, 2.05) is 56.2 Å². The lowest BCUT2D eigenvalue weighted by Gasteiger charge is -2.08. The molecular weight excluding hydrogens is 304 g/mol. The Morgan fingerprint density at radius 2 is 2.17 bits per heavy atom. The number of benzene rings is 1. The van der Waals surface area contributed by atoms with Gasteiger partial charge in [0, 0.05) is 24.4 Å². The third-order valence-corrected chi connectivity index (χ3v) is 3.31. The van der Waals surface area contributed by atoms with Gasteiger partial charge in [-0.15, -0.1) is 0 Å². The molecule has 0 radical (unpaired) electrons. The van der Waals surface area contributed by atoms with Crippen LogP contribution in [0, 0.1) is 0 Å². The van der Waals surface area contributed by atoms with Crippen molar-refractivity contribution < 1.29 is 9.53 Å². The van der Waals surface area contributed by atoms with Gasteiger partial charge in [-0.05, 0) is 33.2 Å². The molecule has 0 aliphatic heterocycles. The summed E-state index contributed by atoms with van der Waals surface area (Å²) in [5.74, 6) is 0.564. The summed E-state index contributed by atoms with van der Waals surface area (Å²) in [4.78, 5) is 14.1. The van der Waals surface area contributed by atoms with Crippen molar-refractivity contribution in [3.05, 3.63) is 48.3 Å². The average Bonchev–Trinajstić information content (AvgIpc) is 3.00. The van der Waals surface area contributed by atoms with E-state index in [4.69, 9.17) is 4.74 Å². The molecule has 0 aliphatic rings. The number of ether oxygens (including phenoxy) is 1. The first-order valence-electron chi connectivity index (χ1n) is 7.96. The molecule has 2 rings (SSSR count). The van der Waals surface area contributed by atoms with E-state index < -0.39 is 0 Å². The normalized spacial score (nSPS) is 11.2. The molecule has 0 saturated heterocycles. The molecule has 1 amide bonds. The Balaban J connectivity index is 1.93. The first-order valence-corrected chi connectivity index (χ1v) is 7.96. The Labute approximate surface area is 142 Å². The lowest BCUT2D eigenvalue weighted by molar-refractivity contribution is -0.111. The number of hydrogen-bond acceptors (Lipinski definition) is 4. The maximum Gasteiger partial charge on any atom is 0.248 e. The van der Waals surface area contributed by atoms with Crippen molar-refractivity contribution in [3.8, 4) is 5.75 Å². The van der Waals surface area contributed by atoms with E-state index in [1.165, 1.54) is 6.08 Å². The van der Waals surface area contributed by atoms with Gasteiger partial charge in [-0.1, -0.05) is 18.2 Å². The van der Waals surface area contributed by atoms with Gasteiger partial charge in [0.15, 0.2) is 0 Å². The van der Waals surface area contributed by atoms with Crippen molar-refractivity contribution in [2.75, 3.05) is 32.6 Å². The van der Waals surface area contributed by atoms with Crippen LogP contribution in [0.15, 0.2) is 42.7 Å². The summed E-state index contributed by atoms with van der Waals surface area (Å²) in [5, 5.41) is 7.04. The molecule has 1 aromatic heterocycles. The molecule has 2 aromatic rings. The maximum atomic E-state index is 12.0. The molecule has 0 atom stereocenters. The number of anilines is 1. The van der Waals surface area contributed by atoms with E-state index in [0.29, 0.717) is 12.3 Å². The van der Waals surface area contributed by atoms with Crippen molar-refractivity contribution in [2.24, 2.45) is 0 Å². The zero-order valence-electron chi connectivity index (χ0n) is 14.4. The summed E-state index contributed by atoms with van der Waals surface area (Å²) in [7, 11) is 4.02. The number of hydrogen-bond donors (Lipinski definition) is 1.